The molecule has 0 saturated carbocycles. The van der Waals surface area contributed by atoms with Crippen LogP contribution in [0.5, 0.6) is 5.75 Å². The van der Waals surface area contributed by atoms with Crippen molar-refractivity contribution in [1.29, 1.82) is 5.26 Å². The van der Waals surface area contributed by atoms with Crippen LogP contribution < -0.4 is 4.74 Å². The monoisotopic (exact) mass is 322 g/mol. The van der Waals surface area contributed by atoms with E-state index in [1.165, 1.54) is 5.56 Å². The largest absolute Gasteiger partial charge is 0.484 e. The molecule has 4 nitrogen and oxygen atoms in total. The van der Waals surface area contributed by atoms with Gasteiger partial charge in [0.15, 0.2) is 6.61 Å². The first kappa shape index (κ1) is 17.6. The highest BCUT2D eigenvalue weighted by atomic mass is 16.5. The number of rotatable bonds is 8. The van der Waals surface area contributed by atoms with Gasteiger partial charge < -0.3 is 9.64 Å². The number of carbonyl (C=O) groups is 1. The number of nitriles is 1. The average Bonchev–Trinajstić information content (AvgIpc) is 2.64. The molecule has 24 heavy (non-hydrogen) atoms. The Morgan fingerprint density at radius 2 is 1.79 bits per heavy atom. The fourth-order valence-electron chi connectivity index (χ4n) is 2.34. The van der Waals surface area contributed by atoms with Crippen LogP contribution in [0.1, 0.15) is 24.5 Å². The standard InChI is InChI=1S/C20H22N2O2/c1-2-17-9-11-19(12-10-17)24-16-20(23)22(14-6-13-21)15-18-7-4-3-5-8-18/h3-5,7-12H,2,6,14-16H2,1H3. The van der Waals surface area contributed by atoms with E-state index in [9.17, 15) is 4.79 Å². The van der Waals surface area contributed by atoms with Crippen LogP contribution in [0.4, 0.5) is 0 Å². The van der Waals surface area contributed by atoms with E-state index in [0.717, 1.165) is 12.0 Å². The Kier molecular flexibility index (Phi) is 6.85. The Morgan fingerprint density at radius 3 is 2.42 bits per heavy atom. The third kappa shape index (κ3) is 5.44. The van der Waals surface area contributed by atoms with Crippen molar-refractivity contribution in [2.24, 2.45) is 0 Å². The fourth-order valence-corrected chi connectivity index (χ4v) is 2.34. The molecule has 2 rings (SSSR count). The molecule has 0 aliphatic heterocycles. The van der Waals surface area contributed by atoms with E-state index in [2.05, 4.69) is 13.0 Å². The Labute approximate surface area is 143 Å². The molecule has 0 aromatic heterocycles. The molecule has 0 N–H and O–H groups in total. The summed E-state index contributed by atoms with van der Waals surface area (Å²) in [5, 5.41) is 8.80. The lowest BCUT2D eigenvalue weighted by Gasteiger charge is -2.22. The highest BCUT2D eigenvalue weighted by molar-refractivity contribution is 5.77. The highest BCUT2D eigenvalue weighted by Crippen LogP contribution is 2.13. The molecule has 0 fully saturated rings. The number of benzene rings is 2. The number of carbonyl (C=O) groups excluding carboxylic acids is 1. The molecule has 0 aliphatic carbocycles. The zero-order valence-electron chi connectivity index (χ0n) is 13.9. The van der Waals surface area contributed by atoms with Gasteiger partial charge in [-0.15, -0.1) is 0 Å². The summed E-state index contributed by atoms with van der Waals surface area (Å²) >= 11 is 0. The van der Waals surface area contributed by atoms with Gasteiger partial charge in [0.2, 0.25) is 0 Å². The third-order valence-corrected chi connectivity index (χ3v) is 3.76. The Bertz CT molecular complexity index is 675. The van der Waals surface area contributed by atoms with Gasteiger partial charge in [-0.1, -0.05) is 49.4 Å². The molecule has 0 aliphatic rings. The number of nitrogens with zero attached hydrogens (tertiary/aromatic N) is 2. The van der Waals surface area contributed by atoms with Crippen LogP contribution >= 0.6 is 0 Å². The molecule has 124 valence electrons. The van der Waals surface area contributed by atoms with E-state index in [1.807, 2.05) is 54.6 Å². The van der Waals surface area contributed by atoms with Gasteiger partial charge >= 0.3 is 0 Å². The highest BCUT2D eigenvalue weighted by Gasteiger charge is 2.14. The van der Waals surface area contributed by atoms with Gasteiger partial charge in [-0.3, -0.25) is 4.79 Å². The summed E-state index contributed by atoms with van der Waals surface area (Å²) in [6.45, 7) is 2.96. The molecule has 0 bridgehead atoms. The lowest BCUT2D eigenvalue weighted by atomic mass is 10.2. The maximum absolute atomic E-state index is 12.4. The number of hydrogen-bond acceptors (Lipinski definition) is 3. The summed E-state index contributed by atoms with van der Waals surface area (Å²) in [7, 11) is 0. The SMILES string of the molecule is CCc1ccc(OCC(=O)N(CCC#N)Cc2ccccc2)cc1. The van der Waals surface area contributed by atoms with Crippen LogP contribution in [0, 0.1) is 11.3 Å². The van der Waals surface area contributed by atoms with E-state index in [4.69, 9.17) is 10.00 Å². The van der Waals surface area contributed by atoms with Crippen molar-refractivity contribution in [3.05, 3.63) is 65.7 Å². The van der Waals surface area contributed by atoms with Crippen molar-refractivity contribution in [2.75, 3.05) is 13.2 Å². The Morgan fingerprint density at radius 1 is 1.08 bits per heavy atom. The Balaban J connectivity index is 1.94. The second-order valence-corrected chi connectivity index (χ2v) is 5.50. The fraction of sp³-hybridized carbons (Fsp3) is 0.300. The molecule has 0 radical (unpaired) electrons. The molecule has 0 unspecified atom stereocenters. The average molecular weight is 322 g/mol. The van der Waals surface area contributed by atoms with Crippen LogP contribution in [0.25, 0.3) is 0 Å². The van der Waals surface area contributed by atoms with Crippen molar-refractivity contribution >= 4 is 5.91 Å². The normalized spacial score (nSPS) is 10.0. The minimum Gasteiger partial charge on any atom is -0.484 e. The maximum atomic E-state index is 12.4. The van der Waals surface area contributed by atoms with E-state index in [-0.39, 0.29) is 12.5 Å². The predicted octanol–water partition coefficient (Wildman–Crippen LogP) is 3.57. The van der Waals surface area contributed by atoms with Crippen molar-refractivity contribution in [3.63, 3.8) is 0 Å². The number of hydrogen-bond donors (Lipinski definition) is 0. The van der Waals surface area contributed by atoms with Crippen molar-refractivity contribution in [2.45, 2.75) is 26.3 Å². The van der Waals surface area contributed by atoms with Crippen molar-refractivity contribution in [1.82, 2.24) is 4.90 Å². The van der Waals surface area contributed by atoms with E-state index in [1.54, 1.807) is 4.90 Å². The van der Waals surface area contributed by atoms with Crippen LogP contribution in [0.15, 0.2) is 54.6 Å². The first-order valence-electron chi connectivity index (χ1n) is 8.13. The molecule has 0 spiro atoms. The summed E-state index contributed by atoms with van der Waals surface area (Å²) in [5.74, 6) is 0.564. The van der Waals surface area contributed by atoms with Crippen LogP contribution in [0.3, 0.4) is 0 Å². The lowest BCUT2D eigenvalue weighted by Crippen LogP contribution is -2.35. The first-order valence-corrected chi connectivity index (χ1v) is 8.13. The second kappa shape index (κ2) is 9.36. The summed E-state index contributed by atoms with van der Waals surface area (Å²) in [6, 6.07) is 19.6. The van der Waals surface area contributed by atoms with Gasteiger partial charge in [-0.05, 0) is 29.7 Å². The third-order valence-electron chi connectivity index (χ3n) is 3.76. The van der Waals surface area contributed by atoms with Gasteiger partial charge in [0.1, 0.15) is 5.75 Å². The summed E-state index contributed by atoms with van der Waals surface area (Å²) < 4.78 is 5.59. The van der Waals surface area contributed by atoms with E-state index in [0.29, 0.717) is 25.3 Å². The minimum absolute atomic E-state index is 0.0241. The van der Waals surface area contributed by atoms with Crippen LogP contribution in [-0.4, -0.2) is 24.0 Å². The topological polar surface area (TPSA) is 53.3 Å². The molecule has 2 aromatic carbocycles. The molecular formula is C20H22N2O2. The predicted molar refractivity (Wildman–Crippen MR) is 93.4 cm³/mol. The number of amides is 1. The van der Waals surface area contributed by atoms with Crippen LogP contribution in [0.2, 0.25) is 0 Å². The summed E-state index contributed by atoms with van der Waals surface area (Å²) in [4.78, 5) is 14.1. The minimum atomic E-state index is -0.117. The van der Waals surface area contributed by atoms with Gasteiger partial charge in [0.05, 0.1) is 12.5 Å². The molecule has 4 heteroatoms. The summed E-state index contributed by atoms with van der Waals surface area (Å²) in [5.41, 5.74) is 2.27. The molecule has 2 aromatic rings. The van der Waals surface area contributed by atoms with E-state index < -0.39 is 0 Å². The van der Waals surface area contributed by atoms with Gasteiger partial charge in [-0.25, -0.2) is 0 Å². The van der Waals surface area contributed by atoms with Crippen molar-refractivity contribution in [3.8, 4) is 11.8 Å². The van der Waals surface area contributed by atoms with Crippen molar-refractivity contribution < 1.29 is 9.53 Å². The first-order chi connectivity index (χ1) is 11.7. The zero-order chi connectivity index (χ0) is 17.2. The maximum Gasteiger partial charge on any atom is 0.260 e. The smallest absolute Gasteiger partial charge is 0.260 e. The molecule has 1 amide bonds. The van der Waals surface area contributed by atoms with Gasteiger partial charge in [0, 0.05) is 13.1 Å². The van der Waals surface area contributed by atoms with Crippen LogP contribution in [-0.2, 0) is 17.8 Å². The molecule has 0 heterocycles. The van der Waals surface area contributed by atoms with Gasteiger partial charge in [0.25, 0.3) is 5.91 Å². The molecule has 0 saturated heterocycles. The quantitative estimate of drug-likeness (QED) is 0.746. The summed E-state index contributed by atoms with van der Waals surface area (Å²) in [6.07, 6.45) is 1.28. The Hall–Kier alpha value is -2.80. The molecular weight excluding hydrogens is 300 g/mol. The lowest BCUT2D eigenvalue weighted by molar-refractivity contribution is -0.133. The zero-order valence-corrected chi connectivity index (χ0v) is 13.9. The number of ether oxygens (including phenoxy) is 1. The van der Waals surface area contributed by atoms with E-state index >= 15 is 0 Å². The molecule has 0 atom stereocenters. The number of aryl methyl sites for hydroxylation is 1. The van der Waals surface area contributed by atoms with Gasteiger partial charge in [-0.2, -0.15) is 5.26 Å². The second-order valence-electron chi connectivity index (χ2n) is 5.50.